The van der Waals surface area contributed by atoms with Crippen molar-refractivity contribution in [2.24, 2.45) is 5.73 Å². The van der Waals surface area contributed by atoms with Gasteiger partial charge in [0.15, 0.2) is 0 Å². The number of nitrogens with two attached hydrogens (primary N) is 1. The fourth-order valence-electron chi connectivity index (χ4n) is 1.82. The van der Waals surface area contributed by atoms with Crippen molar-refractivity contribution in [1.29, 1.82) is 0 Å². The maximum absolute atomic E-state index is 11.1. The quantitative estimate of drug-likeness (QED) is 0.789. The zero-order valence-corrected chi connectivity index (χ0v) is 11.5. The zero-order chi connectivity index (χ0) is 14.1. The molecule has 0 fully saturated rings. The fourth-order valence-corrected chi connectivity index (χ4v) is 2.05. The van der Waals surface area contributed by atoms with Crippen LogP contribution in [0.4, 0.5) is 0 Å². The Morgan fingerprint density at radius 1 is 1.44 bits per heavy atom. The predicted molar refractivity (Wildman–Crippen MR) is 71.2 cm³/mol. The number of phenols is 1. The smallest absolute Gasteiger partial charge is 0.312 e. The van der Waals surface area contributed by atoms with Crippen LogP contribution in [0.1, 0.15) is 37.8 Å². The molecule has 100 valence electrons. The second kappa shape index (κ2) is 5.16. The Bertz CT molecular complexity index is 466. The first-order valence-electron chi connectivity index (χ1n) is 5.64. The van der Waals surface area contributed by atoms with E-state index in [0.29, 0.717) is 10.6 Å². The lowest BCUT2D eigenvalue weighted by Crippen LogP contribution is -2.22. The van der Waals surface area contributed by atoms with E-state index in [9.17, 15) is 9.90 Å². The third kappa shape index (κ3) is 2.94. The van der Waals surface area contributed by atoms with E-state index in [2.05, 4.69) is 0 Å². The van der Waals surface area contributed by atoms with E-state index in [0.717, 1.165) is 0 Å². The van der Waals surface area contributed by atoms with E-state index in [-0.39, 0.29) is 23.3 Å². The molecule has 18 heavy (non-hydrogen) atoms. The number of carboxylic acid groups (broad SMARTS) is 1. The van der Waals surface area contributed by atoms with Gasteiger partial charge in [0.25, 0.3) is 0 Å². The molecule has 0 amide bonds. The van der Waals surface area contributed by atoms with E-state index in [4.69, 9.17) is 22.4 Å². The van der Waals surface area contributed by atoms with Crippen molar-refractivity contribution in [3.8, 4) is 5.75 Å². The number of rotatable bonds is 3. The molecule has 0 aliphatic rings. The summed E-state index contributed by atoms with van der Waals surface area (Å²) in [6, 6.07) is 3.10. The molecule has 4 N–H and O–H groups in total. The van der Waals surface area contributed by atoms with Crippen LogP contribution < -0.4 is 5.73 Å². The maximum atomic E-state index is 11.1. The van der Waals surface area contributed by atoms with E-state index >= 15 is 0 Å². The van der Waals surface area contributed by atoms with Gasteiger partial charge in [0.2, 0.25) is 0 Å². The number of aromatic hydroxyl groups is 1. The summed E-state index contributed by atoms with van der Waals surface area (Å²) in [7, 11) is 0. The van der Waals surface area contributed by atoms with Crippen LogP contribution in [0.15, 0.2) is 12.1 Å². The molecule has 4 nitrogen and oxygen atoms in total. The first-order chi connectivity index (χ1) is 8.18. The summed E-state index contributed by atoms with van der Waals surface area (Å²) in [4.78, 5) is 11.1. The lowest BCUT2D eigenvalue weighted by molar-refractivity contribution is -0.138. The van der Waals surface area contributed by atoms with Gasteiger partial charge in [-0.2, -0.15) is 0 Å². The summed E-state index contributed by atoms with van der Waals surface area (Å²) in [6.07, 6.45) is 0. The van der Waals surface area contributed by atoms with Crippen LogP contribution in [-0.4, -0.2) is 22.7 Å². The summed E-state index contributed by atoms with van der Waals surface area (Å²) < 4.78 is 0. The highest BCUT2D eigenvalue weighted by atomic mass is 35.5. The molecule has 0 bridgehead atoms. The fraction of sp³-hybridized carbons (Fsp3) is 0.462. The molecule has 0 saturated carbocycles. The van der Waals surface area contributed by atoms with E-state index in [1.165, 1.54) is 6.07 Å². The molecule has 0 aliphatic carbocycles. The number of aliphatic carboxylic acids is 1. The minimum absolute atomic E-state index is 0.0373. The van der Waals surface area contributed by atoms with Gasteiger partial charge in [0, 0.05) is 22.7 Å². The Balaban J connectivity index is 3.46. The first-order valence-corrected chi connectivity index (χ1v) is 6.02. The highest BCUT2D eigenvalue weighted by Crippen LogP contribution is 2.38. The molecule has 0 aliphatic heterocycles. The second-order valence-corrected chi connectivity index (χ2v) is 5.70. The van der Waals surface area contributed by atoms with Crippen LogP contribution >= 0.6 is 11.6 Å². The Labute approximate surface area is 111 Å². The molecule has 1 aromatic carbocycles. The molecule has 1 aromatic rings. The maximum Gasteiger partial charge on any atom is 0.312 e. The highest BCUT2D eigenvalue weighted by Gasteiger charge is 2.27. The Kier molecular flexibility index (Phi) is 4.24. The molecule has 0 aromatic heterocycles. The molecule has 1 rings (SSSR count). The summed E-state index contributed by atoms with van der Waals surface area (Å²) >= 11 is 5.99. The van der Waals surface area contributed by atoms with Gasteiger partial charge in [-0.1, -0.05) is 32.4 Å². The monoisotopic (exact) mass is 271 g/mol. The molecule has 0 radical (unpaired) electrons. The van der Waals surface area contributed by atoms with Gasteiger partial charge in [-0.15, -0.1) is 0 Å². The molecule has 5 heteroatoms. The zero-order valence-electron chi connectivity index (χ0n) is 10.7. The van der Waals surface area contributed by atoms with Crippen molar-refractivity contribution in [2.75, 3.05) is 6.54 Å². The number of carboxylic acids is 1. The molecule has 1 atom stereocenters. The lowest BCUT2D eigenvalue weighted by Gasteiger charge is -2.24. The van der Waals surface area contributed by atoms with Gasteiger partial charge < -0.3 is 15.9 Å². The standard InChI is InChI=1S/C13H18ClNO3/c1-13(2,3)10-5-7(14)4-8(11(10)16)9(6-15)12(17)18/h4-5,9,16H,6,15H2,1-3H3,(H,17,18). The van der Waals surface area contributed by atoms with Crippen LogP contribution in [-0.2, 0) is 10.2 Å². The highest BCUT2D eigenvalue weighted by molar-refractivity contribution is 6.30. The number of carbonyl (C=O) groups is 1. The minimum Gasteiger partial charge on any atom is -0.507 e. The number of hydrogen-bond acceptors (Lipinski definition) is 3. The summed E-state index contributed by atoms with van der Waals surface area (Å²) in [5.74, 6) is -2.07. The topological polar surface area (TPSA) is 83.6 Å². The van der Waals surface area contributed by atoms with E-state index < -0.39 is 11.9 Å². The van der Waals surface area contributed by atoms with Gasteiger partial charge in [-0.05, 0) is 17.5 Å². The number of benzene rings is 1. The molecular formula is C13H18ClNO3. The average molecular weight is 272 g/mol. The van der Waals surface area contributed by atoms with Gasteiger partial charge >= 0.3 is 5.97 Å². The first kappa shape index (κ1) is 14.8. The number of phenolic OH excluding ortho intramolecular Hbond substituents is 1. The van der Waals surface area contributed by atoms with Crippen LogP contribution in [0.2, 0.25) is 5.02 Å². The van der Waals surface area contributed by atoms with Crippen molar-refractivity contribution < 1.29 is 15.0 Å². The largest absolute Gasteiger partial charge is 0.507 e. The van der Waals surface area contributed by atoms with Crippen LogP contribution in [0.5, 0.6) is 5.75 Å². The third-order valence-corrected chi connectivity index (χ3v) is 3.04. The van der Waals surface area contributed by atoms with Gasteiger partial charge in [-0.25, -0.2) is 0 Å². The number of hydrogen-bond donors (Lipinski definition) is 3. The van der Waals surface area contributed by atoms with Gasteiger partial charge in [0.05, 0.1) is 5.92 Å². The summed E-state index contributed by atoms with van der Waals surface area (Å²) in [5.41, 5.74) is 6.00. The van der Waals surface area contributed by atoms with Gasteiger partial charge in [-0.3, -0.25) is 4.79 Å². The second-order valence-electron chi connectivity index (χ2n) is 5.27. The Morgan fingerprint density at radius 3 is 2.39 bits per heavy atom. The van der Waals surface area contributed by atoms with Crippen molar-refractivity contribution in [1.82, 2.24) is 0 Å². The Hall–Kier alpha value is -1.26. The molecular weight excluding hydrogens is 254 g/mol. The summed E-state index contributed by atoms with van der Waals surface area (Å²) in [5, 5.41) is 19.7. The third-order valence-electron chi connectivity index (χ3n) is 2.82. The SMILES string of the molecule is CC(C)(C)c1cc(Cl)cc(C(CN)C(=O)O)c1O. The molecule has 0 heterocycles. The normalized spacial score (nSPS) is 13.4. The predicted octanol–water partition coefficient (Wildman–Crippen LogP) is 2.47. The van der Waals surface area contributed by atoms with Gasteiger partial charge in [0.1, 0.15) is 5.75 Å². The van der Waals surface area contributed by atoms with Crippen molar-refractivity contribution in [3.63, 3.8) is 0 Å². The van der Waals surface area contributed by atoms with E-state index in [1.54, 1.807) is 6.07 Å². The Morgan fingerprint density at radius 2 is 2.00 bits per heavy atom. The summed E-state index contributed by atoms with van der Waals surface area (Å²) in [6.45, 7) is 5.66. The van der Waals surface area contributed by atoms with Crippen molar-refractivity contribution in [2.45, 2.75) is 32.1 Å². The van der Waals surface area contributed by atoms with Crippen molar-refractivity contribution >= 4 is 17.6 Å². The van der Waals surface area contributed by atoms with E-state index in [1.807, 2.05) is 20.8 Å². The molecule has 1 unspecified atom stereocenters. The minimum atomic E-state index is -1.07. The van der Waals surface area contributed by atoms with Crippen molar-refractivity contribution in [3.05, 3.63) is 28.3 Å². The number of halogens is 1. The average Bonchev–Trinajstić information content (AvgIpc) is 2.21. The van der Waals surface area contributed by atoms with Crippen LogP contribution in [0.3, 0.4) is 0 Å². The van der Waals surface area contributed by atoms with Crippen LogP contribution in [0, 0.1) is 0 Å². The lowest BCUT2D eigenvalue weighted by atomic mass is 9.83. The molecule has 0 saturated heterocycles. The molecule has 0 spiro atoms. The van der Waals surface area contributed by atoms with Crippen LogP contribution in [0.25, 0.3) is 0 Å².